The van der Waals surface area contributed by atoms with Gasteiger partial charge in [-0.1, -0.05) is 26.7 Å². The van der Waals surface area contributed by atoms with Crippen molar-refractivity contribution in [3.8, 4) is 0 Å². The van der Waals surface area contributed by atoms with Crippen molar-refractivity contribution in [1.29, 1.82) is 0 Å². The van der Waals surface area contributed by atoms with Gasteiger partial charge in [0.15, 0.2) is 0 Å². The molecule has 2 unspecified atom stereocenters. The van der Waals surface area contributed by atoms with Crippen molar-refractivity contribution >= 4 is 15.7 Å². The number of hydrogen-bond acceptors (Lipinski definition) is 4. The Morgan fingerprint density at radius 1 is 1.33 bits per heavy atom. The Labute approximate surface area is 127 Å². The SMILES string of the molecule is CCCNc1ccncc1S(=O)(=O)NC1CCCCC1C. The second kappa shape index (κ2) is 7.22. The molecule has 0 bridgehead atoms. The summed E-state index contributed by atoms with van der Waals surface area (Å²) in [7, 11) is -3.53. The highest BCUT2D eigenvalue weighted by molar-refractivity contribution is 7.89. The maximum absolute atomic E-state index is 12.6. The van der Waals surface area contributed by atoms with E-state index in [1.807, 2.05) is 6.92 Å². The van der Waals surface area contributed by atoms with Crippen LogP contribution in [0.2, 0.25) is 0 Å². The van der Waals surface area contributed by atoms with Gasteiger partial charge in [0.2, 0.25) is 10.0 Å². The fraction of sp³-hybridized carbons (Fsp3) is 0.667. The average molecular weight is 311 g/mol. The molecule has 1 fully saturated rings. The Kier molecular flexibility index (Phi) is 5.58. The molecule has 2 rings (SSSR count). The Hall–Kier alpha value is -1.14. The number of rotatable bonds is 6. The molecule has 5 nitrogen and oxygen atoms in total. The molecule has 1 heterocycles. The van der Waals surface area contributed by atoms with Crippen LogP contribution in [-0.2, 0) is 10.0 Å². The zero-order valence-corrected chi connectivity index (χ0v) is 13.6. The highest BCUT2D eigenvalue weighted by Gasteiger charge is 2.28. The van der Waals surface area contributed by atoms with Crippen LogP contribution >= 0.6 is 0 Å². The van der Waals surface area contributed by atoms with Gasteiger partial charge in [0.05, 0.1) is 5.69 Å². The van der Waals surface area contributed by atoms with Crippen LogP contribution in [0.3, 0.4) is 0 Å². The minimum atomic E-state index is -3.53. The number of nitrogens with zero attached hydrogens (tertiary/aromatic N) is 1. The Bertz CT molecular complexity index is 560. The summed E-state index contributed by atoms with van der Waals surface area (Å²) in [6.07, 6.45) is 8.25. The van der Waals surface area contributed by atoms with Gasteiger partial charge < -0.3 is 5.32 Å². The molecule has 1 aliphatic carbocycles. The topological polar surface area (TPSA) is 71.1 Å². The van der Waals surface area contributed by atoms with Gasteiger partial charge in [-0.2, -0.15) is 0 Å². The van der Waals surface area contributed by atoms with E-state index < -0.39 is 10.0 Å². The van der Waals surface area contributed by atoms with Crippen molar-refractivity contribution in [3.63, 3.8) is 0 Å². The molecule has 0 amide bonds. The van der Waals surface area contributed by atoms with Gasteiger partial charge in [-0.15, -0.1) is 0 Å². The quantitative estimate of drug-likeness (QED) is 0.847. The van der Waals surface area contributed by atoms with E-state index in [1.54, 1.807) is 12.3 Å². The number of pyridine rings is 1. The fourth-order valence-electron chi connectivity index (χ4n) is 2.75. The molecular formula is C15H25N3O2S. The smallest absolute Gasteiger partial charge is 0.244 e. The molecule has 0 saturated heterocycles. The summed E-state index contributed by atoms with van der Waals surface area (Å²) in [6.45, 7) is 4.91. The molecule has 21 heavy (non-hydrogen) atoms. The minimum absolute atomic E-state index is 0.0305. The third-order valence-corrected chi connectivity index (χ3v) is 5.57. The summed E-state index contributed by atoms with van der Waals surface area (Å²) < 4.78 is 28.1. The maximum Gasteiger partial charge on any atom is 0.244 e. The predicted molar refractivity (Wildman–Crippen MR) is 84.8 cm³/mol. The van der Waals surface area contributed by atoms with Crippen LogP contribution in [0.1, 0.15) is 46.0 Å². The molecular weight excluding hydrogens is 286 g/mol. The molecule has 1 aromatic rings. The van der Waals surface area contributed by atoms with Crippen LogP contribution in [0.5, 0.6) is 0 Å². The maximum atomic E-state index is 12.6. The van der Waals surface area contributed by atoms with Crippen molar-refractivity contribution in [2.75, 3.05) is 11.9 Å². The number of anilines is 1. The molecule has 6 heteroatoms. The van der Waals surface area contributed by atoms with E-state index in [1.165, 1.54) is 12.6 Å². The summed E-state index contributed by atoms with van der Waals surface area (Å²) in [5.74, 6) is 0.386. The summed E-state index contributed by atoms with van der Waals surface area (Å²) in [4.78, 5) is 4.22. The van der Waals surface area contributed by atoms with E-state index in [9.17, 15) is 8.42 Å². The van der Waals surface area contributed by atoms with Gasteiger partial charge in [0.25, 0.3) is 0 Å². The Morgan fingerprint density at radius 2 is 2.10 bits per heavy atom. The second-order valence-corrected chi connectivity index (χ2v) is 7.47. The van der Waals surface area contributed by atoms with E-state index >= 15 is 0 Å². The molecule has 1 saturated carbocycles. The first-order valence-corrected chi connectivity index (χ1v) is 9.23. The van der Waals surface area contributed by atoms with Gasteiger partial charge in [0, 0.05) is 25.0 Å². The highest BCUT2D eigenvalue weighted by atomic mass is 32.2. The Morgan fingerprint density at radius 3 is 2.81 bits per heavy atom. The third-order valence-electron chi connectivity index (χ3n) is 4.06. The summed E-state index contributed by atoms with van der Waals surface area (Å²) in [6, 6.07) is 1.75. The molecule has 2 atom stereocenters. The molecule has 0 aliphatic heterocycles. The largest absolute Gasteiger partial charge is 0.384 e. The van der Waals surface area contributed by atoms with Crippen LogP contribution in [0.4, 0.5) is 5.69 Å². The molecule has 0 aromatic carbocycles. The second-order valence-electron chi connectivity index (χ2n) is 5.79. The lowest BCUT2D eigenvalue weighted by atomic mass is 9.87. The van der Waals surface area contributed by atoms with E-state index in [4.69, 9.17) is 0 Å². The average Bonchev–Trinajstić information content (AvgIpc) is 2.47. The first-order valence-electron chi connectivity index (χ1n) is 7.75. The summed E-state index contributed by atoms with van der Waals surface area (Å²) in [5.41, 5.74) is 0.628. The molecule has 1 aliphatic rings. The monoisotopic (exact) mass is 311 g/mol. The molecule has 118 valence electrons. The van der Waals surface area contributed by atoms with Gasteiger partial charge in [-0.05, 0) is 31.2 Å². The van der Waals surface area contributed by atoms with E-state index in [0.29, 0.717) is 11.6 Å². The number of sulfonamides is 1. The summed E-state index contributed by atoms with van der Waals surface area (Å²) in [5, 5.41) is 3.16. The van der Waals surface area contributed by atoms with Gasteiger partial charge in [-0.25, -0.2) is 13.1 Å². The van der Waals surface area contributed by atoms with Crippen molar-refractivity contribution in [3.05, 3.63) is 18.5 Å². The van der Waals surface area contributed by atoms with Gasteiger partial charge in [-0.3, -0.25) is 4.98 Å². The zero-order valence-electron chi connectivity index (χ0n) is 12.8. The van der Waals surface area contributed by atoms with Gasteiger partial charge >= 0.3 is 0 Å². The molecule has 0 spiro atoms. The van der Waals surface area contributed by atoms with E-state index in [0.717, 1.165) is 32.2 Å². The predicted octanol–water partition coefficient (Wildman–Crippen LogP) is 2.76. The van der Waals surface area contributed by atoms with Crippen LogP contribution in [0, 0.1) is 5.92 Å². The molecule has 0 radical (unpaired) electrons. The first kappa shape index (κ1) is 16.2. The van der Waals surface area contributed by atoms with Crippen LogP contribution in [0.15, 0.2) is 23.4 Å². The first-order chi connectivity index (χ1) is 10.0. The van der Waals surface area contributed by atoms with Gasteiger partial charge in [0.1, 0.15) is 4.90 Å². The number of nitrogens with one attached hydrogen (secondary N) is 2. The lowest BCUT2D eigenvalue weighted by molar-refractivity contribution is 0.310. The molecule has 1 aromatic heterocycles. The van der Waals surface area contributed by atoms with E-state index in [-0.39, 0.29) is 10.9 Å². The Balaban J connectivity index is 2.18. The van der Waals surface area contributed by atoms with E-state index in [2.05, 4.69) is 21.9 Å². The molecule has 2 N–H and O–H groups in total. The lowest BCUT2D eigenvalue weighted by Crippen LogP contribution is -2.41. The third kappa shape index (κ3) is 4.17. The van der Waals surface area contributed by atoms with Crippen molar-refractivity contribution < 1.29 is 8.42 Å². The summed E-state index contributed by atoms with van der Waals surface area (Å²) >= 11 is 0. The lowest BCUT2D eigenvalue weighted by Gasteiger charge is -2.29. The van der Waals surface area contributed by atoms with Crippen molar-refractivity contribution in [1.82, 2.24) is 9.71 Å². The van der Waals surface area contributed by atoms with Crippen LogP contribution in [-0.4, -0.2) is 26.0 Å². The number of hydrogen-bond donors (Lipinski definition) is 2. The van der Waals surface area contributed by atoms with Crippen molar-refractivity contribution in [2.45, 2.75) is 56.9 Å². The standard InChI is InChI=1S/C15H25N3O2S/c1-3-9-17-14-8-10-16-11-15(14)21(19,20)18-13-7-5-4-6-12(13)2/h8,10-13,18H,3-7,9H2,1-2H3,(H,16,17). The van der Waals surface area contributed by atoms with Crippen molar-refractivity contribution in [2.24, 2.45) is 5.92 Å². The zero-order chi connectivity index (χ0) is 15.3. The van der Waals surface area contributed by atoms with Crippen LogP contribution < -0.4 is 10.0 Å². The fourth-order valence-corrected chi connectivity index (χ4v) is 4.26. The highest BCUT2D eigenvalue weighted by Crippen LogP contribution is 2.26. The number of aromatic nitrogens is 1. The van der Waals surface area contributed by atoms with Crippen LogP contribution in [0.25, 0.3) is 0 Å². The minimum Gasteiger partial charge on any atom is -0.384 e. The normalized spacial score (nSPS) is 23.0.